The average molecular weight is 1240 g/mol. The molecule has 88 heavy (non-hydrogen) atoms. The number of allylic oxidation sites excluding steroid dienone is 15. The van der Waals surface area contributed by atoms with E-state index in [1.807, 2.05) is 6.08 Å². The molecule has 2 aliphatic rings. The number of carbonyl (C=O) groups is 1. The summed E-state index contributed by atoms with van der Waals surface area (Å²) in [6.07, 6.45) is 65.0. The van der Waals surface area contributed by atoms with Gasteiger partial charge >= 0.3 is 0 Å². The van der Waals surface area contributed by atoms with Crippen LogP contribution < -0.4 is 5.32 Å². The fraction of sp³-hybridized carbons (Fsp3) is 0.770. The van der Waals surface area contributed by atoms with E-state index in [-0.39, 0.29) is 18.9 Å². The van der Waals surface area contributed by atoms with Crippen molar-refractivity contribution >= 4 is 5.91 Å². The zero-order valence-corrected chi connectivity index (χ0v) is 55.2. The molecule has 2 aliphatic heterocycles. The van der Waals surface area contributed by atoms with Crippen molar-refractivity contribution in [3.63, 3.8) is 0 Å². The number of aliphatic hydroxyl groups is 8. The SMILES string of the molecule is CC/C=C\C/C=C\C/C=C\C/C=C\C/C=C\CCCCCCCCCCCCCCCCCCCCCCCCCCCC(=O)NC(COC1OC(CO)C(OC2OC(CO)C(O)C(O)C2O)C(O)C1O)C(O)/C=C/CC/C=C/CC/C=C/CCCCC. The number of hydrogen-bond donors (Lipinski definition) is 9. The number of amides is 1. The maximum Gasteiger partial charge on any atom is 0.220 e. The lowest BCUT2D eigenvalue weighted by atomic mass is 9.97. The molecule has 2 rings (SSSR count). The minimum Gasteiger partial charge on any atom is -0.394 e. The van der Waals surface area contributed by atoms with Crippen molar-refractivity contribution < 1.29 is 64.6 Å². The second kappa shape index (κ2) is 57.8. The molecule has 0 aromatic heterocycles. The van der Waals surface area contributed by atoms with E-state index < -0.39 is 86.8 Å². The zero-order valence-electron chi connectivity index (χ0n) is 55.2. The molecule has 0 spiro atoms. The molecule has 12 unspecified atom stereocenters. The van der Waals surface area contributed by atoms with Crippen LogP contribution in [0.25, 0.3) is 0 Å². The van der Waals surface area contributed by atoms with Gasteiger partial charge in [-0.15, -0.1) is 0 Å². The number of ether oxygens (including phenoxy) is 4. The first-order valence-electron chi connectivity index (χ1n) is 35.5. The Balaban J connectivity index is 1.54. The molecule has 2 heterocycles. The van der Waals surface area contributed by atoms with E-state index in [1.165, 1.54) is 161 Å². The first kappa shape index (κ1) is 81.0. The van der Waals surface area contributed by atoms with Gasteiger partial charge in [-0.3, -0.25) is 4.79 Å². The molecule has 9 N–H and O–H groups in total. The molecule has 2 fully saturated rings. The van der Waals surface area contributed by atoms with Crippen molar-refractivity contribution in [2.45, 2.75) is 344 Å². The van der Waals surface area contributed by atoms with Gasteiger partial charge in [-0.1, -0.05) is 272 Å². The molecule has 0 bridgehead atoms. The van der Waals surface area contributed by atoms with Crippen molar-refractivity contribution in [3.8, 4) is 0 Å². The van der Waals surface area contributed by atoms with Crippen molar-refractivity contribution in [3.05, 3.63) is 97.2 Å². The van der Waals surface area contributed by atoms with Crippen LogP contribution in [-0.4, -0.2) is 140 Å². The van der Waals surface area contributed by atoms with Gasteiger partial charge in [-0.05, 0) is 89.9 Å². The van der Waals surface area contributed by atoms with E-state index >= 15 is 0 Å². The highest BCUT2D eigenvalue weighted by atomic mass is 16.7. The Bertz CT molecular complexity index is 1850. The van der Waals surface area contributed by atoms with E-state index in [2.05, 4.69) is 104 Å². The van der Waals surface area contributed by atoms with Crippen LogP contribution in [-0.2, 0) is 23.7 Å². The van der Waals surface area contributed by atoms with Gasteiger partial charge < -0.3 is 65.1 Å². The Morgan fingerprint density at radius 2 is 0.795 bits per heavy atom. The van der Waals surface area contributed by atoms with E-state index in [9.17, 15) is 45.6 Å². The van der Waals surface area contributed by atoms with Gasteiger partial charge in [0.05, 0.1) is 32.0 Å². The minimum absolute atomic E-state index is 0.253. The van der Waals surface area contributed by atoms with Crippen molar-refractivity contribution in [2.75, 3.05) is 19.8 Å². The first-order chi connectivity index (χ1) is 43.1. The fourth-order valence-electron chi connectivity index (χ4n) is 11.1. The molecule has 508 valence electrons. The smallest absolute Gasteiger partial charge is 0.220 e. The third kappa shape index (κ3) is 41.4. The Hall–Kier alpha value is -3.09. The van der Waals surface area contributed by atoms with Crippen molar-refractivity contribution in [1.29, 1.82) is 0 Å². The summed E-state index contributed by atoms with van der Waals surface area (Å²) < 4.78 is 22.8. The molecule has 14 heteroatoms. The Morgan fingerprint density at radius 3 is 1.25 bits per heavy atom. The number of carbonyl (C=O) groups excluding carboxylic acids is 1. The summed E-state index contributed by atoms with van der Waals surface area (Å²) in [6.45, 7) is 2.63. The van der Waals surface area contributed by atoms with Crippen LogP contribution in [0.3, 0.4) is 0 Å². The number of unbranched alkanes of at least 4 members (excludes halogenated alkanes) is 30. The molecule has 12 atom stereocenters. The molecule has 1 amide bonds. The molecule has 0 aliphatic carbocycles. The first-order valence-corrected chi connectivity index (χ1v) is 35.5. The third-order valence-electron chi connectivity index (χ3n) is 16.7. The highest BCUT2D eigenvalue weighted by molar-refractivity contribution is 5.76. The van der Waals surface area contributed by atoms with Gasteiger partial charge in [0.1, 0.15) is 48.8 Å². The summed E-state index contributed by atoms with van der Waals surface area (Å²) in [7, 11) is 0. The number of aliphatic hydroxyl groups excluding tert-OH is 8. The lowest BCUT2D eigenvalue weighted by molar-refractivity contribution is -0.359. The summed E-state index contributed by atoms with van der Waals surface area (Å²) >= 11 is 0. The predicted molar refractivity (Wildman–Crippen MR) is 359 cm³/mol. The van der Waals surface area contributed by atoms with Crippen molar-refractivity contribution in [2.24, 2.45) is 0 Å². The lowest BCUT2D eigenvalue weighted by Gasteiger charge is -2.46. The number of nitrogens with one attached hydrogen (secondary N) is 1. The van der Waals surface area contributed by atoms with Crippen LogP contribution in [0.5, 0.6) is 0 Å². The molecule has 14 nitrogen and oxygen atoms in total. The van der Waals surface area contributed by atoms with E-state index in [0.29, 0.717) is 12.8 Å². The van der Waals surface area contributed by atoms with Crippen molar-refractivity contribution in [1.82, 2.24) is 5.32 Å². The monoisotopic (exact) mass is 1240 g/mol. The maximum atomic E-state index is 13.3. The highest BCUT2D eigenvalue weighted by Crippen LogP contribution is 2.30. The van der Waals surface area contributed by atoms with Gasteiger partial charge in [-0.25, -0.2) is 0 Å². The summed E-state index contributed by atoms with van der Waals surface area (Å²) in [5.41, 5.74) is 0. The van der Waals surface area contributed by atoms with Crippen LogP contribution in [0.15, 0.2) is 97.2 Å². The van der Waals surface area contributed by atoms with E-state index in [4.69, 9.17) is 18.9 Å². The van der Waals surface area contributed by atoms with Crippen LogP contribution in [0.2, 0.25) is 0 Å². The maximum absolute atomic E-state index is 13.3. The molecule has 0 radical (unpaired) electrons. The lowest BCUT2D eigenvalue weighted by Crippen LogP contribution is -2.65. The van der Waals surface area contributed by atoms with Gasteiger partial charge in [0.15, 0.2) is 12.6 Å². The van der Waals surface area contributed by atoms with Crippen LogP contribution in [0.1, 0.15) is 271 Å². The quantitative estimate of drug-likeness (QED) is 0.0204. The number of hydrogen-bond acceptors (Lipinski definition) is 13. The Kier molecular flexibility index (Phi) is 53.2. The van der Waals surface area contributed by atoms with Gasteiger partial charge in [0.25, 0.3) is 0 Å². The van der Waals surface area contributed by atoms with E-state index in [1.54, 1.807) is 6.08 Å². The molecular weight excluding hydrogens is 1110 g/mol. The number of rotatable bonds is 57. The van der Waals surface area contributed by atoms with Gasteiger partial charge in [-0.2, -0.15) is 0 Å². The third-order valence-corrected chi connectivity index (χ3v) is 16.7. The van der Waals surface area contributed by atoms with Gasteiger partial charge in [0.2, 0.25) is 5.91 Å². The normalized spacial score (nSPS) is 23.8. The topological polar surface area (TPSA) is 228 Å². The van der Waals surface area contributed by atoms with Gasteiger partial charge in [0, 0.05) is 6.42 Å². The predicted octanol–water partition coefficient (Wildman–Crippen LogP) is 14.6. The van der Waals surface area contributed by atoms with Crippen LogP contribution in [0.4, 0.5) is 0 Å². The van der Waals surface area contributed by atoms with E-state index in [0.717, 1.165) is 77.0 Å². The molecule has 0 aromatic carbocycles. The fourth-order valence-corrected chi connectivity index (χ4v) is 11.1. The summed E-state index contributed by atoms with van der Waals surface area (Å²) in [5, 5.41) is 87.1. The standard InChI is InChI=1S/C74H129NO13/c1-3-5-7-9-11-13-15-17-18-19-20-21-22-23-24-25-26-27-28-29-30-31-32-33-34-35-36-37-38-39-40-41-42-43-44-46-48-50-52-54-56-58-66(79)75-62(63(78)57-55-53-51-49-47-45-16-14-12-10-8-6-4-2)61-85-73-71(84)69(82)72(65(60-77)87-73)88-74-70(83)68(81)67(80)64(59-76)86-74/h5,7,11-14,17-18,20-21,23-24,47,49,55,57,62-65,67-74,76-78,80-84H,3-4,6,8-10,15-16,19,22,25-46,48,50-54,56,58-61H2,1-2H3,(H,75,79)/b7-5-,13-11-,14-12+,18-17-,21-20-,24-23-,49-47+,57-55+. The molecular formula is C74H129NO13. The Labute approximate surface area is 534 Å². The van der Waals surface area contributed by atoms with Crippen LogP contribution in [0, 0.1) is 0 Å². The summed E-state index contributed by atoms with van der Waals surface area (Å²) in [4.78, 5) is 13.3. The minimum atomic E-state index is -1.79. The molecule has 2 saturated heterocycles. The Morgan fingerprint density at radius 1 is 0.420 bits per heavy atom. The average Bonchev–Trinajstić information content (AvgIpc) is 2.45. The summed E-state index contributed by atoms with van der Waals surface area (Å²) in [6, 6.07) is -0.939. The molecule has 0 aromatic rings. The highest BCUT2D eigenvalue weighted by Gasteiger charge is 2.51. The second-order valence-corrected chi connectivity index (χ2v) is 24.6. The summed E-state index contributed by atoms with van der Waals surface area (Å²) in [5.74, 6) is -0.253. The zero-order chi connectivity index (χ0) is 63.8. The van der Waals surface area contributed by atoms with Crippen LogP contribution >= 0.6 is 0 Å². The second-order valence-electron chi connectivity index (χ2n) is 24.6. The molecule has 0 saturated carbocycles. The largest absolute Gasteiger partial charge is 0.394 e.